The quantitative estimate of drug-likeness (QED) is 0.745. The Morgan fingerprint density at radius 2 is 2.06 bits per heavy atom. The highest BCUT2D eigenvalue weighted by Crippen LogP contribution is 2.23. The molecule has 0 aliphatic carbocycles. The van der Waals surface area contributed by atoms with Crippen LogP contribution in [0.2, 0.25) is 0 Å². The summed E-state index contributed by atoms with van der Waals surface area (Å²) in [5, 5.41) is 12.6. The number of anilines is 1. The third kappa shape index (κ3) is 4.38. The van der Waals surface area contributed by atoms with Crippen LogP contribution in [0.3, 0.4) is 0 Å². The molecule has 0 aliphatic rings. The molecule has 1 amide bonds. The second kappa shape index (κ2) is 6.32. The smallest absolute Gasteiger partial charge is 0.248 e. The second-order valence-corrected chi connectivity index (χ2v) is 3.07. The van der Waals surface area contributed by atoms with Crippen molar-refractivity contribution in [1.82, 2.24) is 0 Å². The lowest BCUT2D eigenvalue weighted by atomic mass is 10.3. The van der Waals surface area contributed by atoms with Gasteiger partial charge in [0, 0.05) is 6.08 Å². The fourth-order valence-corrected chi connectivity index (χ4v) is 1.17. The van der Waals surface area contributed by atoms with Crippen LogP contribution in [0.4, 0.5) is 5.69 Å². The summed E-state index contributed by atoms with van der Waals surface area (Å²) in [5.74, 6) is -1.44. The van der Waals surface area contributed by atoms with Crippen LogP contribution >= 0.6 is 0 Å². The molecule has 1 aromatic carbocycles. The molecule has 0 atom stereocenters. The van der Waals surface area contributed by atoms with Crippen molar-refractivity contribution in [2.24, 2.45) is 0 Å². The number of aliphatic carboxylic acids is 1. The topological polar surface area (TPSA) is 78.5 Å². The Morgan fingerprint density at radius 1 is 1.35 bits per heavy atom. The summed E-state index contributed by atoms with van der Waals surface area (Å²) in [6.45, 7) is 2.30. The van der Waals surface area contributed by atoms with E-state index in [9.17, 15) is 14.7 Å². The van der Waals surface area contributed by atoms with Gasteiger partial charge in [-0.25, -0.2) is 0 Å². The monoisotopic (exact) mass is 234 g/mol. The number of para-hydroxylation sites is 2. The van der Waals surface area contributed by atoms with Gasteiger partial charge in [0.25, 0.3) is 0 Å². The molecule has 0 spiro atoms. The SMILES string of the molecule is CCOc1ccccc1NC(=O)/C=C/C(=O)[O-]. The first-order valence-electron chi connectivity index (χ1n) is 5.05. The van der Waals surface area contributed by atoms with Crippen LogP contribution in [0.25, 0.3) is 0 Å². The third-order valence-corrected chi connectivity index (χ3v) is 1.82. The molecule has 0 saturated heterocycles. The lowest BCUT2D eigenvalue weighted by Crippen LogP contribution is -2.20. The highest BCUT2D eigenvalue weighted by molar-refractivity contribution is 6.02. The first kappa shape index (κ1) is 12.8. The van der Waals surface area contributed by atoms with Gasteiger partial charge in [0.2, 0.25) is 5.91 Å². The van der Waals surface area contributed by atoms with Crippen molar-refractivity contribution in [1.29, 1.82) is 0 Å². The van der Waals surface area contributed by atoms with E-state index in [1.807, 2.05) is 6.92 Å². The third-order valence-electron chi connectivity index (χ3n) is 1.82. The maximum atomic E-state index is 11.3. The lowest BCUT2D eigenvalue weighted by molar-refractivity contribution is -0.297. The molecule has 0 aromatic heterocycles. The molecule has 1 N–H and O–H groups in total. The van der Waals surface area contributed by atoms with E-state index in [4.69, 9.17) is 4.74 Å². The molecule has 0 radical (unpaired) electrons. The molecule has 17 heavy (non-hydrogen) atoms. The number of ether oxygens (including phenoxy) is 1. The Labute approximate surface area is 98.7 Å². The number of nitrogens with one attached hydrogen (secondary N) is 1. The van der Waals surface area contributed by atoms with E-state index < -0.39 is 11.9 Å². The Kier molecular flexibility index (Phi) is 4.75. The zero-order valence-electron chi connectivity index (χ0n) is 9.30. The largest absolute Gasteiger partial charge is 0.545 e. The van der Waals surface area contributed by atoms with E-state index in [1.165, 1.54) is 0 Å². The van der Waals surface area contributed by atoms with Gasteiger partial charge in [-0.15, -0.1) is 0 Å². The van der Waals surface area contributed by atoms with Gasteiger partial charge in [-0.2, -0.15) is 0 Å². The maximum Gasteiger partial charge on any atom is 0.248 e. The predicted molar refractivity (Wildman–Crippen MR) is 60.4 cm³/mol. The van der Waals surface area contributed by atoms with Crippen molar-refractivity contribution in [3.05, 3.63) is 36.4 Å². The zero-order chi connectivity index (χ0) is 12.7. The van der Waals surface area contributed by atoms with Crippen LogP contribution in [-0.4, -0.2) is 18.5 Å². The van der Waals surface area contributed by atoms with E-state index >= 15 is 0 Å². The molecule has 1 aromatic rings. The molecule has 90 valence electrons. The van der Waals surface area contributed by atoms with Gasteiger partial charge in [0.15, 0.2) is 0 Å². The van der Waals surface area contributed by atoms with Gasteiger partial charge in [-0.05, 0) is 25.1 Å². The first-order valence-corrected chi connectivity index (χ1v) is 5.05. The van der Waals surface area contributed by atoms with Gasteiger partial charge in [0.1, 0.15) is 5.75 Å². The van der Waals surface area contributed by atoms with Crippen LogP contribution in [0.1, 0.15) is 6.92 Å². The van der Waals surface area contributed by atoms with Crippen LogP contribution in [-0.2, 0) is 9.59 Å². The minimum atomic E-state index is -1.42. The van der Waals surface area contributed by atoms with Gasteiger partial charge >= 0.3 is 0 Å². The van der Waals surface area contributed by atoms with E-state index in [0.717, 1.165) is 6.08 Å². The first-order chi connectivity index (χ1) is 8.13. The number of amides is 1. The maximum absolute atomic E-state index is 11.3. The molecule has 0 aliphatic heterocycles. The molecule has 0 bridgehead atoms. The predicted octanol–water partition coefficient (Wildman–Crippen LogP) is 0.330. The van der Waals surface area contributed by atoms with Crippen molar-refractivity contribution in [3.63, 3.8) is 0 Å². The normalized spacial score (nSPS) is 10.2. The molecule has 0 fully saturated rings. The average Bonchev–Trinajstić information content (AvgIpc) is 2.29. The highest BCUT2D eigenvalue weighted by atomic mass is 16.5. The van der Waals surface area contributed by atoms with Crippen LogP contribution in [0, 0.1) is 0 Å². The number of hydrogen-bond donors (Lipinski definition) is 1. The van der Waals surface area contributed by atoms with Crippen molar-refractivity contribution in [3.8, 4) is 5.75 Å². The van der Waals surface area contributed by atoms with E-state index in [-0.39, 0.29) is 0 Å². The zero-order valence-corrected chi connectivity index (χ0v) is 9.30. The number of carbonyl (C=O) groups is 2. The van der Waals surface area contributed by atoms with Crippen molar-refractivity contribution in [2.75, 3.05) is 11.9 Å². The van der Waals surface area contributed by atoms with Gasteiger partial charge in [-0.3, -0.25) is 4.79 Å². The number of carboxylic acid groups (broad SMARTS) is 1. The molecule has 0 heterocycles. The lowest BCUT2D eigenvalue weighted by Gasteiger charge is -2.09. The number of rotatable bonds is 5. The summed E-state index contributed by atoms with van der Waals surface area (Å²) in [6, 6.07) is 6.88. The van der Waals surface area contributed by atoms with Gasteiger partial charge in [-0.1, -0.05) is 12.1 Å². The Balaban J connectivity index is 2.74. The fourth-order valence-electron chi connectivity index (χ4n) is 1.17. The molecule has 0 unspecified atom stereocenters. The number of benzene rings is 1. The summed E-state index contributed by atoms with van der Waals surface area (Å²) in [5.41, 5.74) is 0.488. The average molecular weight is 234 g/mol. The van der Waals surface area contributed by atoms with Crippen molar-refractivity contribution >= 4 is 17.6 Å². The molecule has 0 saturated carbocycles. The Hall–Kier alpha value is -2.30. The minimum absolute atomic E-state index is 0.474. The second-order valence-electron chi connectivity index (χ2n) is 3.07. The number of carbonyl (C=O) groups excluding carboxylic acids is 2. The Bertz CT molecular complexity index is 440. The van der Waals surface area contributed by atoms with Crippen molar-refractivity contribution < 1.29 is 19.4 Å². The summed E-state index contributed by atoms with van der Waals surface area (Å²) in [7, 11) is 0. The molecule has 1 rings (SSSR count). The van der Waals surface area contributed by atoms with E-state index in [2.05, 4.69) is 5.32 Å². The minimum Gasteiger partial charge on any atom is -0.545 e. The summed E-state index contributed by atoms with van der Waals surface area (Å²) in [4.78, 5) is 21.5. The summed E-state index contributed by atoms with van der Waals surface area (Å²) < 4.78 is 5.30. The standard InChI is InChI=1S/C12H13NO4/c1-2-17-10-6-4-3-5-9(10)13-11(14)7-8-12(15)16/h3-8H,2H2,1H3,(H,13,14)(H,15,16)/p-1/b8-7+. The summed E-state index contributed by atoms with van der Waals surface area (Å²) >= 11 is 0. The Morgan fingerprint density at radius 3 is 2.71 bits per heavy atom. The molecule has 5 heteroatoms. The number of carboxylic acids is 1. The van der Waals surface area contributed by atoms with E-state index in [0.29, 0.717) is 24.1 Å². The van der Waals surface area contributed by atoms with E-state index in [1.54, 1.807) is 24.3 Å². The highest BCUT2D eigenvalue weighted by Gasteiger charge is 2.04. The van der Waals surface area contributed by atoms with Crippen LogP contribution < -0.4 is 15.2 Å². The van der Waals surface area contributed by atoms with Crippen LogP contribution in [0.15, 0.2) is 36.4 Å². The van der Waals surface area contributed by atoms with Crippen LogP contribution in [0.5, 0.6) is 5.75 Å². The van der Waals surface area contributed by atoms with Gasteiger partial charge < -0.3 is 20.0 Å². The van der Waals surface area contributed by atoms with Crippen molar-refractivity contribution in [2.45, 2.75) is 6.92 Å². The molecule has 5 nitrogen and oxygen atoms in total. The number of hydrogen-bond acceptors (Lipinski definition) is 4. The molecular weight excluding hydrogens is 222 g/mol. The van der Waals surface area contributed by atoms with Gasteiger partial charge in [0.05, 0.1) is 18.3 Å². The summed E-state index contributed by atoms with van der Waals surface area (Å²) in [6.07, 6.45) is 1.55. The fraction of sp³-hybridized carbons (Fsp3) is 0.167. The molecular formula is C12H12NO4-.